The Morgan fingerprint density at radius 1 is 1.00 bits per heavy atom. The van der Waals surface area contributed by atoms with Crippen molar-refractivity contribution in [2.45, 2.75) is 59.5 Å². The predicted molar refractivity (Wildman–Crippen MR) is 90.6 cm³/mol. The number of hydrogen-bond donors (Lipinski definition) is 0. The van der Waals surface area contributed by atoms with E-state index < -0.39 is 11.9 Å². The molecule has 4 heteroatoms. The monoisotopic (exact) mass is 320 g/mol. The van der Waals surface area contributed by atoms with Crippen LogP contribution in [0.4, 0.5) is 0 Å². The average molecular weight is 320 g/mol. The summed E-state index contributed by atoms with van der Waals surface area (Å²) in [6, 6.07) is 6.66. The molecule has 1 aromatic carbocycles. The van der Waals surface area contributed by atoms with Gasteiger partial charge in [-0.3, -0.25) is 0 Å². The fourth-order valence-electron chi connectivity index (χ4n) is 2.33. The van der Waals surface area contributed by atoms with Gasteiger partial charge in [-0.15, -0.1) is 0 Å². The number of carbonyl (C=O) groups excluding carboxylic acids is 2. The molecule has 4 nitrogen and oxygen atoms in total. The first-order valence-electron chi connectivity index (χ1n) is 8.48. The molecule has 1 rings (SSSR count). The third-order valence-corrected chi connectivity index (χ3v) is 3.75. The van der Waals surface area contributed by atoms with Gasteiger partial charge in [0.15, 0.2) is 0 Å². The Bertz CT molecular complexity index is 508. The van der Waals surface area contributed by atoms with Crippen molar-refractivity contribution in [1.29, 1.82) is 0 Å². The van der Waals surface area contributed by atoms with Gasteiger partial charge in [-0.1, -0.05) is 52.7 Å². The van der Waals surface area contributed by atoms with Crippen molar-refractivity contribution in [1.82, 2.24) is 0 Å². The van der Waals surface area contributed by atoms with E-state index in [9.17, 15) is 9.59 Å². The first kappa shape index (κ1) is 19.2. The van der Waals surface area contributed by atoms with Crippen LogP contribution in [0.5, 0.6) is 0 Å². The van der Waals surface area contributed by atoms with Gasteiger partial charge < -0.3 is 9.47 Å². The Hall–Kier alpha value is -1.84. The van der Waals surface area contributed by atoms with E-state index in [1.54, 1.807) is 24.3 Å². The smallest absolute Gasteiger partial charge is 0.339 e. The van der Waals surface area contributed by atoms with E-state index in [-0.39, 0.29) is 23.1 Å². The summed E-state index contributed by atoms with van der Waals surface area (Å²) in [7, 11) is 0. The van der Waals surface area contributed by atoms with Crippen LogP contribution in [0.3, 0.4) is 0 Å². The van der Waals surface area contributed by atoms with Gasteiger partial charge in [0.1, 0.15) is 6.10 Å². The third-order valence-electron chi connectivity index (χ3n) is 3.75. The van der Waals surface area contributed by atoms with Crippen molar-refractivity contribution in [3.05, 3.63) is 35.4 Å². The quantitative estimate of drug-likeness (QED) is 0.492. The highest BCUT2D eigenvalue weighted by Gasteiger charge is 2.22. The van der Waals surface area contributed by atoms with Crippen LogP contribution in [-0.4, -0.2) is 24.6 Å². The summed E-state index contributed by atoms with van der Waals surface area (Å²) in [5, 5.41) is 0. The lowest BCUT2D eigenvalue weighted by Crippen LogP contribution is -2.24. The van der Waals surface area contributed by atoms with Crippen LogP contribution in [0.25, 0.3) is 0 Å². The van der Waals surface area contributed by atoms with Crippen molar-refractivity contribution in [2.24, 2.45) is 5.92 Å². The molecule has 0 bridgehead atoms. The Morgan fingerprint density at radius 2 is 1.61 bits per heavy atom. The van der Waals surface area contributed by atoms with E-state index in [0.29, 0.717) is 6.61 Å². The maximum atomic E-state index is 12.4. The third kappa shape index (κ3) is 6.05. The average Bonchev–Trinajstić information content (AvgIpc) is 2.55. The number of rotatable bonds is 9. The molecule has 0 N–H and O–H groups in total. The fraction of sp³-hybridized carbons (Fsp3) is 0.579. The van der Waals surface area contributed by atoms with Crippen molar-refractivity contribution in [2.75, 3.05) is 6.61 Å². The number of carbonyl (C=O) groups is 2. The second kappa shape index (κ2) is 10.0. The van der Waals surface area contributed by atoms with Crippen molar-refractivity contribution in [3.63, 3.8) is 0 Å². The molecule has 1 aromatic rings. The lowest BCUT2D eigenvalue weighted by molar-refractivity contribution is 0.0167. The van der Waals surface area contributed by atoms with Gasteiger partial charge in [0.05, 0.1) is 17.7 Å². The van der Waals surface area contributed by atoms with E-state index in [1.807, 2.05) is 20.8 Å². The molecule has 0 saturated carbocycles. The number of esters is 2. The fourth-order valence-corrected chi connectivity index (χ4v) is 2.33. The summed E-state index contributed by atoms with van der Waals surface area (Å²) < 4.78 is 10.8. The maximum absolute atomic E-state index is 12.4. The van der Waals surface area contributed by atoms with Crippen LogP contribution in [0, 0.1) is 5.92 Å². The normalized spacial score (nSPS) is 12.0. The van der Waals surface area contributed by atoms with E-state index in [1.165, 1.54) is 0 Å². The van der Waals surface area contributed by atoms with Gasteiger partial charge in [0, 0.05) is 0 Å². The summed E-state index contributed by atoms with van der Waals surface area (Å²) in [6.45, 7) is 8.46. The second-order valence-corrected chi connectivity index (χ2v) is 5.98. The highest BCUT2D eigenvalue weighted by molar-refractivity contribution is 6.03. The van der Waals surface area contributed by atoms with Gasteiger partial charge in [-0.25, -0.2) is 9.59 Å². The van der Waals surface area contributed by atoms with Crippen LogP contribution in [0.15, 0.2) is 24.3 Å². The van der Waals surface area contributed by atoms with Gasteiger partial charge >= 0.3 is 11.9 Å². The maximum Gasteiger partial charge on any atom is 0.339 e. The molecule has 0 radical (unpaired) electrons. The molecule has 1 unspecified atom stereocenters. The highest BCUT2D eigenvalue weighted by atomic mass is 16.5. The van der Waals surface area contributed by atoms with Gasteiger partial charge in [-0.05, 0) is 30.9 Å². The molecule has 0 fully saturated rings. The molecule has 0 aliphatic rings. The molecule has 0 amide bonds. The van der Waals surface area contributed by atoms with E-state index in [0.717, 1.165) is 25.7 Å². The van der Waals surface area contributed by atoms with E-state index >= 15 is 0 Å². The molecular formula is C19H28O4. The van der Waals surface area contributed by atoms with Gasteiger partial charge in [0.25, 0.3) is 0 Å². The molecule has 0 aliphatic heterocycles. The summed E-state index contributed by atoms with van der Waals surface area (Å²) >= 11 is 0. The predicted octanol–water partition coefficient (Wildman–Crippen LogP) is 4.63. The van der Waals surface area contributed by atoms with Crippen LogP contribution >= 0.6 is 0 Å². The molecule has 0 saturated heterocycles. The van der Waals surface area contributed by atoms with Crippen LogP contribution in [0.2, 0.25) is 0 Å². The highest BCUT2D eigenvalue weighted by Crippen LogP contribution is 2.17. The summed E-state index contributed by atoms with van der Waals surface area (Å²) in [4.78, 5) is 24.6. The Labute approximate surface area is 139 Å². The first-order chi connectivity index (χ1) is 11.0. The molecular weight excluding hydrogens is 292 g/mol. The first-order valence-corrected chi connectivity index (χ1v) is 8.48. The molecule has 23 heavy (non-hydrogen) atoms. The minimum absolute atomic E-state index is 0.156. The Kier molecular flexibility index (Phi) is 8.38. The van der Waals surface area contributed by atoms with Gasteiger partial charge in [0.2, 0.25) is 0 Å². The molecule has 1 atom stereocenters. The minimum Gasteiger partial charge on any atom is -0.462 e. The molecule has 0 heterocycles. The number of hydrogen-bond acceptors (Lipinski definition) is 4. The summed E-state index contributed by atoms with van der Waals surface area (Å²) in [6.07, 6.45) is 3.50. The van der Waals surface area contributed by atoms with E-state index in [2.05, 4.69) is 6.92 Å². The Morgan fingerprint density at radius 3 is 2.13 bits per heavy atom. The lowest BCUT2D eigenvalue weighted by Gasteiger charge is -2.20. The number of benzene rings is 1. The van der Waals surface area contributed by atoms with Crippen molar-refractivity contribution >= 4 is 11.9 Å². The summed E-state index contributed by atoms with van der Waals surface area (Å²) in [5.74, 6) is -0.699. The molecule has 0 aromatic heterocycles. The zero-order valence-electron chi connectivity index (χ0n) is 14.6. The largest absolute Gasteiger partial charge is 0.462 e. The molecule has 128 valence electrons. The number of ether oxygens (including phenoxy) is 2. The standard InChI is InChI=1S/C19H28O4/c1-5-7-10-13-22-18(20)15-11-8-9-12-16(15)19(21)23-17(6-2)14(3)4/h8-9,11-12,14,17H,5-7,10,13H2,1-4H3. The van der Waals surface area contributed by atoms with E-state index in [4.69, 9.17) is 9.47 Å². The van der Waals surface area contributed by atoms with Crippen molar-refractivity contribution < 1.29 is 19.1 Å². The number of unbranched alkanes of at least 4 members (excludes halogenated alkanes) is 2. The SMILES string of the molecule is CCCCCOC(=O)c1ccccc1C(=O)OC(CC)C(C)C. The minimum atomic E-state index is -0.466. The zero-order valence-corrected chi connectivity index (χ0v) is 14.6. The van der Waals surface area contributed by atoms with Crippen LogP contribution in [0.1, 0.15) is 74.1 Å². The van der Waals surface area contributed by atoms with Crippen LogP contribution < -0.4 is 0 Å². The molecule has 0 aliphatic carbocycles. The summed E-state index contributed by atoms with van der Waals surface area (Å²) in [5.41, 5.74) is 0.541. The molecule has 0 spiro atoms. The van der Waals surface area contributed by atoms with Gasteiger partial charge in [-0.2, -0.15) is 0 Å². The second-order valence-electron chi connectivity index (χ2n) is 5.98. The Balaban J connectivity index is 2.79. The lowest BCUT2D eigenvalue weighted by atomic mass is 10.0. The van der Waals surface area contributed by atoms with Crippen LogP contribution in [-0.2, 0) is 9.47 Å². The topological polar surface area (TPSA) is 52.6 Å². The zero-order chi connectivity index (χ0) is 17.2. The van der Waals surface area contributed by atoms with Crippen molar-refractivity contribution in [3.8, 4) is 0 Å².